The van der Waals surface area contributed by atoms with E-state index in [1.165, 1.54) is 198 Å². The van der Waals surface area contributed by atoms with Gasteiger partial charge in [0.2, 0.25) is 0 Å². The van der Waals surface area contributed by atoms with Crippen molar-refractivity contribution in [3.63, 3.8) is 0 Å². The third-order valence-electron chi connectivity index (χ3n) is 25.0. The molecule has 7 heteroatoms. The van der Waals surface area contributed by atoms with E-state index in [0.717, 1.165) is 0 Å². The fourth-order valence-electron chi connectivity index (χ4n) is 18.6. The Hall–Kier alpha value is -14.5. The van der Waals surface area contributed by atoms with Gasteiger partial charge in [0.05, 0.1) is 0 Å². The molecule has 0 heterocycles. The van der Waals surface area contributed by atoms with Gasteiger partial charge in [-0.1, -0.05) is 456 Å². The Labute approximate surface area is 873 Å². The van der Waals surface area contributed by atoms with Crippen LogP contribution in [0.25, 0.3) is 0 Å². The highest BCUT2D eigenvalue weighted by molar-refractivity contribution is 7.81. The number of nitrogens with zero attached hydrogens (tertiary/aromatic N) is 3. The van der Waals surface area contributed by atoms with Gasteiger partial charge in [-0.15, -0.1) is 0 Å². The second-order valence-corrected chi connectivity index (χ2v) is 44.9. The predicted octanol–water partition coefficient (Wildman–Crippen LogP) is 34.1. The van der Waals surface area contributed by atoms with Crippen molar-refractivity contribution in [3.8, 4) is 0 Å². The van der Waals surface area contributed by atoms with Crippen molar-refractivity contribution in [3.05, 3.63) is 593 Å². The predicted molar refractivity (Wildman–Crippen MR) is 649 cm³/mol. The van der Waals surface area contributed by atoms with E-state index in [-0.39, 0.29) is 22.3 Å². The maximum absolute atomic E-state index is 2.36. The van der Waals surface area contributed by atoms with E-state index >= 15 is 0 Å². The Bertz CT molecular complexity index is 6660. The summed E-state index contributed by atoms with van der Waals surface area (Å²) in [5.41, 5.74) is 31.0. The summed E-state index contributed by atoms with van der Waals surface area (Å²) in [5, 5.41) is 17.3. The van der Waals surface area contributed by atoms with Gasteiger partial charge in [-0.25, -0.2) is 0 Å². The van der Waals surface area contributed by atoms with Gasteiger partial charge in [-0.05, 0) is 358 Å². The number of para-hydroxylation sites is 6. The molecular formula is C138H141N3P4. The molecule has 0 spiro atoms. The molecule has 0 saturated carbocycles. The van der Waals surface area contributed by atoms with Crippen LogP contribution in [0.4, 0.5) is 51.2 Å². The lowest BCUT2D eigenvalue weighted by atomic mass is 10.1. The highest BCUT2D eigenvalue weighted by Gasteiger charge is 2.29. The summed E-state index contributed by atoms with van der Waals surface area (Å²) in [6.45, 7) is 33.4. The zero-order valence-electron chi connectivity index (χ0n) is 84.6. The minimum absolute atomic E-state index is 0. The average molecular weight is 1970 g/mol. The van der Waals surface area contributed by atoms with Crippen LogP contribution in [0, 0.1) is 104 Å². The second-order valence-electron chi connectivity index (χ2n) is 36.3. The first-order valence-electron chi connectivity index (χ1n) is 49.0. The second kappa shape index (κ2) is 54.3. The molecule has 0 fully saturated rings. The molecule has 0 aliphatic rings. The number of benzene rings is 20. The summed E-state index contributed by atoms with van der Waals surface area (Å²) in [5.74, 6) is 0. The Morgan fingerprint density at radius 2 is 0.276 bits per heavy atom. The molecule has 3 nitrogen and oxygen atoms in total. The first kappa shape index (κ1) is 109. The SMILES string of the molecule is C.C.C.Cc1cc(C)c(P(c2c(C)cc(C)cc2C)c2c(C)cc(C)cc2C)c(C)c1.Cc1ccc(N(c2ccccc2)c2ccc(C)cc2)cc1.Cc1ccc(N(c2ccccc2)c2ccccc2)cc1.Cc1ccccc1P(c1ccccc1C)c1ccccc1C.c1ccc(N(c2ccccc2)c2ccccc2)cc1.c1ccc(P(c2ccccc2)c2ccc(P(c3ccccc3)c3ccccc3)cc2)cc1. The smallest absolute Gasteiger partial charge is 0.0461 e. The molecule has 145 heavy (non-hydrogen) atoms. The van der Waals surface area contributed by atoms with Crippen molar-refractivity contribution in [2.45, 2.75) is 126 Å². The fraction of sp³-hybridized carbons (Fsp3) is 0.130. The molecule has 0 aromatic heterocycles. The van der Waals surface area contributed by atoms with Gasteiger partial charge in [0, 0.05) is 51.2 Å². The molecule has 0 aliphatic carbocycles. The molecule has 728 valence electrons. The van der Waals surface area contributed by atoms with Gasteiger partial charge < -0.3 is 14.7 Å². The normalized spacial score (nSPS) is 10.5. The molecule has 0 unspecified atom stereocenters. The van der Waals surface area contributed by atoms with Crippen LogP contribution >= 0.6 is 31.7 Å². The number of aryl methyl sites for hydroxylation is 15. The van der Waals surface area contributed by atoms with Crippen molar-refractivity contribution >= 4 is 147 Å². The molecule has 0 aliphatic heterocycles. The van der Waals surface area contributed by atoms with E-state index in [4.69, 9.17) is 0 Å². The first-order valence-corrected chi connectivity index (χ1v) is 54.4. The molecule has 0 bridgehead atoms. The van der Waals surface area contributed by atoms with Crippen LogP contribution in [-0.4, -0.2) is 0 Å². The summed E-state index contributed by atoms with van der Waals surface area (Å²) in [4.78, 5) is 6.79. The van der Waals surface area contributed by atoms with E-state index < -0.39 is 31.7 Å². The van der Waals surface area contributed by atoms with E-state index in [9.17, 15) is 0 Å². The highest BCUT2D eigenvalue weighted by atomic mass is 31.1. The van der Waals surface area contributed by atoms with Crippen molar-refractivity contribution in [1.29, 1.82) is 0 Å². The molecule has 0 N–H and O–H groups in total. The number of hydrogen-bond acceptors (Lipinski definition) is 3. The minimum atomic E-state index is -0.608. The quantitative estimate of drug-likeness (QED) is 0.0664. The van der Waals surface area contributed by atoms with Crippen molar-refractivity contribution in [1.82, 2.24) is 0 Å². The Morgan fingerprint density at radius 3 is 0.455 bits per heavy atom. The minimum Gasteiger partial charge on any atom is -0.311 e. The van der Waals surface area contributed by atoms with Crippen LogP contribution in [0.3, 0.4) is 0 Å². The zero-order valence-corrected chi connectivity index (χ0v) is 88.2. The molecule has 20 aromatic carbocycles. The van der Waals surface area contributed by atoms with Gasteiger partial charge in [0.1, 0.15) is 0 Å². The highest BCUT2D eigenvalue weighted by Crippen LogP contribution is 2.44. The topological polar surface area (TPSA) is 9.72 Å². The van der Waals surface area contributed by atoms with Crippen molar-refractivity contribution < 1.29 is 0 Å². The summed E-state index contributed by atoms with van der Waals surface area (Å²) >= 11 is 0. The molecule has 20 aromatic rings. The van der Waals surface area contributed by atoms with E-state index in [1.807, 2.05) is 36.4 Å². The molecule has 0 saturated heterocycles. The van der Waals surface area contributed by atoms with Gasteiger partial charge in [0.15, 0.2) is 0 Å². The molecule has 0 atom stereocenters. The van der Waals surface area contributed by atoms with Crippen LogP contribution in [0.1, 0.15) is 106 Å². The summed E-state index contributed by atoms with van der Waals surface area (Å²) in [6.07, 6.45) is 0. The standard InChI is InChI=1S/C30H24P2.C27H33P.C21H21P.C20H19N.C19H17N.C18H15N.3CH4/c1-5-13-25(14-6-1)31(26-15-7-2-8-16-26)29-21-23-30(24-22-29)32(27-17-9-3-10-18-27)28-19-11-4-12-20-28;1-16-10-19(4)25(20(5)11-16)28(26-21(6)12-17(2)13-22(26)7)27-23(8)14-18(3)15-24(27)9;1-16-10-4-7-13-19(16)22(20-14-8-5-11-17(20)2)21-15-9-6-12-18(21)3;1-16-8-12-19(13-9-16)21(18-6-4-3-5-7-18)20-14-10-17(2)11-15-20;1-16-12-14-19(15-13-16)20(17-8-4-2-5-9-17)18-10-6-3-7-11-18;1-4-10-16(11-5-1)19(17-12-6-2-7-13-17)18-14-8-3-9-15-18;;;/h1-24H;10-15H,1-9H3;4-15H,1-3H3;3-15H,1-2H3;2-15H,1H3;1-15H;3*1H4. The van der Waals surface area contributed by atoms with Gasteiger partial charge in [0.25, 0.3) is 0 Å². The van der Waals surface area contributed by atoms with Crippen molar-refractivity contribution in [2.24, 2.45) is 0 Å². The largest absolute Gasteiger partial charge is 0.311 e. The number of rotatable bonds is 21. The van der Waals surface area contributed by atoms with Crippen LogP contribution in [0.15, 0.2) is 510 Å². The third kappa shape index (κ3) is 28.8. The van der Waals surface area contributed by atoms with Crippen LogP contribution in [-0.2, 0) is 0 Å². The average Bonchev–Trinajstić information content (AvgIpc) is 0.746. The van der Waals surface area contributed by atoms with Gasteiger partial charge >= 0.3 is 0 Å². The first-order chi connectivity index (χ1) is 69.2. The molecule has 0 amide bonds. The van der Waals surface area contributed by atoms with Crippen LogP contribution < -0.4 is 78.4 Å². The monoisotopic (exact) mass is 1960 g/mol. The lowest BCUT2D eigenvalue weighted by Crippen LogP contribution is -2.30. The zero-order chi connectivity index (χ0) is 99.2. The van der Waals surface area contributed by atoms with E-state index in [1.54, 1.807) is 0 Å². The summed E-state index contributed by atoms with van der Waals surface area (Å²) < 4.78 is 0. The number of anilines is 9. The Morgan fingerprint density at radius 1 is 0.124 bits per heavy atom. The Kier molecular flexibility index (Phi) is 40.9. The molecule has 0 radical (unpaired) electrons. The maximum atomic E-state index is 2.36. The lowest BCUT2D eigenvalue weighted by Gasteiger charge is -2.30. The fourth-order valence-corrected chi connectivity index (χ4v) is 29.1. The van der Waals surface area contributed by atoms with E-state index in [0.29, 0.717) is 0 Å². The van der Waals surface area contributed by atoms with Crippen LogP contribution in [0.2, 0.25) is 0 Å². The Balaban J connectivity index is 0.000000156. The van der Waals surface area contributed by atoms with Crippen molar-refractivity contribution in [2.75, 3.05) is 14.7 Å². The van der Waals surface area contributed by atoms with Gasteiger partial charge in [-0.3, -0.25) is 0 Å². The summed E-state index contributed by atoms with van der Waals surface area (Å²) in [7, 11) is -2.27. The number of hydrogen-bond donors (Lipinski definition) is 0. The summed E-state index contributed by atoms with van der Waals surface area (Å²) in [6, 6.07) is 182. The maximum Gasteiger partial charge on any atom is 0.0461 e. The van der Waals surface area contributed by atoms with Gasteiger partial charge in [-0.2, -0.15) is 0 Å². The van der Waals surface area contributed by atoms with Crippen LogP contribution in [0.5, 0.6) is 0 Å². The lowest BCUT2D eigenvalue weighted by molar-refractivity contribution is 1.27. The third-order valence-corrected chi connectivity index (χ3v) is 36.3. The molecular weight excluding hydrogens is 1820 g/mol. The molecule has 20 rings (SSSR count). The van der Waals surface area contributed by atoms with E-state index in [2.05, 4.69) is 592 Å².